The fourth-order valence-electron chi connectivity index (χ4n) is 2.80. The average Bonchev–Trinajstić information content (AvgIpc) is 3.31. The minimum atomic E-state index is -0.372. The van der Waals surface area contributed by atoms with Crippen LogP contribution in [0, 0.1) is 5.82 Å². The lowest BCUT2D eigenvalue weighted by atomic mass is 10.1. The highest BCUT2D eigenvalue weighted by molar-refractivity contribution is 6.31. The second-order valence-electron chi connectivity index (χ2n) is 7.01. The monoisotopic (exact) mass is 379 g/mol. The lowest BCUT2D eigenvalue weighted by Gasteiger charge is -2.23. The number of amides is 1. The molecule has 5 nitrogen and oxygen atoms in total. The molecule has 0 aliphatic heterocycles. The molecule has 0 radical (unpaired) electrons. The molecule has 26 heavy (non-hydrogen) atoms. The number of nitrogens with zero attached hydrogens (tertiary/aromatic N) is 3. The Morgan fingerprint density at radius 3 is 2.81 bits per heavy atom. The first kappa shape index (κ1) is 18.8. The van der Waals surface area contributed by atoms with Crippen molar-refractivity contribution >= 4 is 17.5 Å². The summed E-state index contributed by atoms with van der Waals surface area (Å²) in [7, 11) is 0. The number of rotatable bonds is 8. The van der Waals surface area contributed by atoms with Gasteiger partial charge in [0.05, 0.1) is 6.54 Å². The van der Waals surface area contributed by atoms with E-state index in [-0.39, 0.29) is 30.2 Å². The average molecular weight is 380 g/mol. The van der Waals surface area contributed by atoms with Crippen molar-refractivity contribution in [2.24, 2.45) is 0 Å². The summed E-state index contributed by atoms with van der Waals surface area (Å²) in [6.07, 6.45) is 3.46. The van der Waals surface area contributed by atoms with Crippen LogP contribution in [0.4, 0.5) is 4.39 Å². The standard InChI is InChI=1S/C19H23ClFN3O2/c1-12(2)19-22-17(26-23-19)7-4-8-18(25)24(13-9-10-13)11-14-15(20)5-3-6-16(14)21/h3,5-6,12-13H,4,7-11H2,1-2H3. The molecule has 1 aromatic carbocycles. The second-order valence-corrected chi connectivity index (χ2v) is 7.41. The van der Waals surface area contributed by atoms with Crippen molar-refractivity contribution in [2.75, 3.05) is 0 Å². The first-order valence-corrected chi connectivity index (χ1v) is 9.38. The molecule has 140 valence electrons. The highest BCUT2D eigenvalue weighted by Crippen LogP contribution is 2.31. The maximum atomic E-state index is 14.0. The van der Waals surface area contributed by atoms with Gasteiger partial charge in [0.1, 0.15) is 5.82 Å². The first-order valence-electron chi connectivity index (χ1n) is 9.00. The van der Waals surface area contributed by atoms with Crippen LogP contribution in [0.15, 0.2) is 22.7 Å². The lowest BCUT2D eigenvalue weighted by molar-refractivity contribution is -0.132. The number of carbonyl (C=O) groups excluding carboxylic acids is 1. The summed E-state index contributed by atoms with van der Waals surface area (Å²) >= 11 is 6.11. The molecule has 1 heterocycles. The largest absolute Gasteiger partial charge is 0.339 e. The Balaban J connectivity index is 1.57. The SMILES string of the molecule is CC(C)c1noc(CCCC(=O)N(Cc2c(F)cccc2Cl)C2CC2)n1. The summed E-state index contributed by atoms with van der Waals surface area (Å²) in [5.41, 5.74) is 0.382. The van der Waals surface area contributed by atoms with Crippen molar-refractivity contribution in [3.05, 3.63) is 46.3 Å². The van der Waals surface area contributed by atoms with Crippen LogP contribution in [-0.2, 0) is 17.8 Å². The Morgan fingerprint density at radius 1 is 1.42 bits per heavy atom. The van der Waals surface area contributed by atoms with Gasteiger partial charge in [-0.3, -0.25) is 4.79 Å². The van der Waals surface area contributed by atoms with E-state index in [4.69, 9.17) is 16.1 Å². The van der Waals surface area contributed by atoms with Crippen molar-refractivity contribution < 1.29 is 13.7 Å². The maximum Gasteiger partial charge on any atom is 0.226 e. The molecule has 2 aromatic rings. The molecular formula is C19H23ClFN3O2. The van der Waals surface area contributed by atoms with Gasteiger partial charge in [0.2, 0.25) is 11.8 Å². The van der Waals surface area contributed by atoms with Gasteiger partial charge in [0.15, 0.2) is 5.82 Å². The molecule has 0 N–H and O–H groups in total. The zero-order valence-electron chi connectivity index (χ0n) is 15.0. The van der Waals surface area contributed by atoms with Crippen LogP contribution in [-0.4, -0.2) is 27.0 Å². The molecule has 0 unspecified atom stereocenters. The van der Waals surface area contributed by atoms with Crippen molar-refractivity contribution in [3.8, 4) is 0 Å². The van der Waals surface area contributed by atoms with Crippen LogP contribution in [0.25, 0.3) is 0 Å². The smallest absolute Gasteiger partial charge is 0.226 e. The van der Waals surface area contributed by atoms with Gasteiger partial charge in [-0.2, -0.15) is 4.98 Å². The van der Waals surface area contributed by atoms with Gasteiger partial charge in [-0.1, -0.05) is 36.7 Å². The van der Waals surface area contributed by atoms with Gasteiger partial charge in [0.25, 0.3) is 0 Å². The van der Waals surface area contributed by atoms with E-state index in [2.05, 4.69) is 10.1 Å². The zero-order valence-corrected chi connectivity index (χ0v) is 15.8. The molecule has 1 amide bonds. The minimum absolute atomic E-state index is 0.00965. The van der Waals surface area contributed by atoms with Crippen molar-refractivity contribution in [3.63, 3.8) is 0 Å². The van der Waals surface area contributed by atoms with E-state index in [0.29, 0.717) is 41.6 Å². The van der Waals surface area contributed by atoms with Crippen molar-refractivity contribution in [1.82, 2.24) is 15.0 Å². The minimum Gasteiger partial charge on any atom is -0.339 e. The molecule has 1 aliphatic carbocycles. The van der Waals surface area contributed by atoms with Crippen molar-refractivity contribution in [1.29, 1.82) is 0 Å². The van der Waals surface area contributed by atoms with E-state index in [9.17, 15) is 9.18 Å². The molecule has 1 aliphatic rings. The number of aromatic nitrogens is 2. The van der Waals surface area contributed by atoms with Gasteiger partial charge < -0.3 is 9.42 Å². The molecule has 0 saturated heterocycles. The molecule has 3 rings (SSSR count). The Labute approximate surface area is 157 Å². The summed E-state index contributed by atoms with van der Waals surface area (Å²) in [5, 5.41) is 4.28. The summed E-state index contributed by atoms with van der Waals surface area (Å²) in [5.74, 6) is 1.08. The van der Waals surface area contributed by atoms with Gasteiger partial charge in [-0.05, 0) is 31.4 Å². The Hall–Kier alpha value is -1.95. The number of aryl methyl sites for hydroxylation is 1. The van der Waals surface area contributed by atoms with Crippen LogP contribution in [0.2, 0.25) is 5.02 Å². The Kier molecular flexibility index (Phi) is 5.91. The topological polar surface area (TPSA) is 59.2 Å². The Bertz CT molecular complexity index is 754. The number of hydrogen-bond acceptors (Lipinski definition) is 4. The molecule has 1 aromatic heterocycles. The summed E-state index contributed by atoms with van der Waals surface area (Å²) in [6, 6.07) is 4.78. The van der Waals surface area contributed by atoms with Crippen LogP contribution in [0.3, 0.4) is 0 Å². The van der Waals surface area contributed by atoms with E-state index in [0.717, 1.165) is 12.8 Å². The lowest BCUT2D eigenvalue weighted by Crippen LogP contribution is -2.33. The maximum absolute atomic E-state index is 14.0. The number of halogens is 2. The van der Waals surface area contributed by atoms with Gasteiger partial charge >= 0.3 is 0 Å². The van der Waals surface area contributed by atoms with E-state index < -0.39 is 0 Å². The summed E-state index contributed by atoms with van der Waals surface area (Å²) in [6.45, 7) is 4.21. The Morgan fingerprint density at radius 2 is 2.19 bits per heavy atom. The molecule has 0 bridgehead atoms. The van der Waals surface area contributed by atoms with E-state index >= 15 is 0 Å². The fourth-order valence-corrected chi connectivity index (χ4v) is 3.02. The zero-order chi connectivity index (χ0) is 18.7. The van der Waals surface area contributed by atoms with E-state index in [1.165, 1.54) is 6.07 Å². The van der Waals surface area contributed by atoms with E-state index in [1.54, 1.807) is 17.0 Å². The predicted octanol–water partition coefficient (Wildman–Crippen LogP) is 4.50. The molecule has 7 heteroatoms. The van der Waals surface area contributed by atoms with Gasteiger partial charge in [-0.15, -0.1) is 0 Å². The molecular weight excluding hydrogens is 357 g/mol. The number of benzene rings is 1. The second kappa shape index (κ2) is 8.16. The number of hydrogen-bond donors (Lipinski definition) is 0. The predicted molar refractivity (Wildman–Crippen MR) is 96.3 cm³/mol. The molecule has 0 spiro atoms. The molecule has 0 atom stereocenters. The van der Waals surface area contributed by atoms with Crippen LogP contribution < -0.4 is 0 Å². The van der Waals surface area contributed by atoms with Crippen LogP contribution >= 0.6 is 11.6 Å². The molecule has 1 fully saturated rings. The van der Waals surface area contributed by atoms with Gasteiger partial charge in [-0.25, -0.2) is 4.39 Å². The summed E-state index contributed by atoms with van der Waals surface area (Å²) < 4.78 is 19.3. The normalized spacial score (nSPS) is 14.0. The first-order chi connectivity index (χ1) is 12.5. The van der Waals surface area contributed by atoms with Gasteiger partial charge in [0, 0.05) is 35.4 Å². The van der Waals surface area contributed by atoms with Crippen LogP contribution in [0.5, 0.6) is 0 Å². The third kappa shape index (κ3) is 4.61. The third-order valence-corrected chi connectivity index (χ3v) is 4.83. The molecule has 1 saturated carbocycles. The summed E-state index contributed by atoms with van der Waals surface area (Å²) in [4.78, 5) is 18.7. The highest BCUT2D eigenvalue weighted by Gasteiger charge is 2.33. The third-order valence-electron chi connectivity index (χ3n) is 4.48. The van der Waals surface area contributed by atoms with Crippen LogP contribution in [0.1, 0.15) is 62.7 Å². The highest BCUT2D eigenvalue weighted by atomic mass is 35.5. The quantitative estimate of drug-likeness (QED) is 0.677. The number of carbonyl (C=O) groups is 1. The van der Waals surface area contributed by atoms with Crippen molar-refractivity contribution in [2.45, 2.75) is 64.5 Å². The fraction of sp³-hybridized carbons (Fsp3) is 0.526. The van der Waals surface area contributed by atoms with E-state index in [1.807, 2.05) is 13.8 Å².